The van der Waals surface area contributed by atoms with E-state index >= 15 is 0 Å². The highest BCUT2D eigenvalue weighted by Crippen LogP contribution is 2.12. The van der Waals surface area contributed by atoms with Gasteiger partial charge in [0.25, 0.3) is 0 Å². The molecule has 0 radical (unpaired) electrons. The third-order valence-electron chi connectivity index (χ3n) is 2.27. The number of hydrogen-bond acceptors (Lipinski definition) is 1. The van der Waals surface area contributed by atoms with Gasteiger partial charge in [0.1, 0.15) is 0 Å². The maximum absolute atomic E-state index is 3.73. The molecule has 0 atom stereocenters. The molecule has 0 aliphatic carbocycles. The van der Waals surface area contributed by atoms with Crippen molar-refractivity contribution in [2.75, 3.05) is 0 Å². The zero-order valence-corrected chi connectivity index (χ0v) is 9.20. The van der Waals surface area contributed by atoms with Crippen molar-refractivity contribution in [3.8, 4) is 0 Å². The minimum Gasteiger partial charge on any atom is -0.351 e. The summed E-state index contributed by atoms with van der Waals surface area (Å²) in [6.45, 7) is 7.96. The van der Waals surface area contributed by atoms with Crippen molar-refractivity contribution in [2.24, 2.45) is 0 Å². The Labute approximate surface area is 90.7 Å². The lowest BCUT2D eigenvalue weighted by Gasteiger charge is -2.01. The van der Waals surface area contributed by atoms with E-state index in [-0.39, 0.29) is 0 Å². The third-order valence-corrected chi connectivity index (χ3v) is 2.27. The Morgan fingerprint density at radius 2 is 2.13 bits per heavy atom. The number of hydrogen-bond donors (Lipinski definition) is 1. The largest absolute Gasteiger partial charge is 0.351 e. The molecule has 2 nitrogen and oxygen atoms in total. The second-order valence-corrected chi connectivity index (χ2v) is 3.25. The van der Waals surface area contributed by atoms with Gasteiger partial charge in [-0.3, -0.25) is 0 Å². The maximum atomic E-state index is 3.73. The van der Waals surface area contributed by atoms with Crippen LogP contribution in [0, 0.1) is 13.8 Å². The highest BCUT2D eigenvalue weighted by atomic mass is 14.8. The number of H-pyrrole nitrogens is 1. The van der Waals surface area contributed by atoms with Crippen molar-refractivity contribution in [1.29, 1.82) is 0 Å². The van der Waals surface area contributed by atoms with E-state index < -0.39 is 0 Å². The van der Waals surface area contributed by atoms with E-state index in [1.165, 1.54) is 16.7 Å². The summed E-state index contributed by atoms with van der Waals surface area (Å²) in [7, 11) is 0. The van der Waals surface area contributed by atoms with Crippen LogP contribution in [0.15, 0.2) is 43.5 Å². The normalized spacial score (nSPS) is 8.93. The highest BCUT2D eigenvalue weighted by molar-refractivity contribution is 5.53. The van der Waals surface area contributed by atoms with Crippen LogP contribution < -0.4 is 0 Å². The molecule has 1 aromatic heterocycles. The molecule has 0 aliphatic heterocycles. The number of imidazole rings is 1. The van der Waals surface area contributed by atoms with E-state index in [1.54, 1.807) is 18.7 Å². The molecule has 0 saturated heterocycles. The SMILES string of the molecule is C=Cc1cccc(C)c1C.c1c[nH]cn1. The molecule has 2 heteroatoms. The van der Waals surface area contributed by atoms with Crippen LogP contribution in [0.2, 0.25) is 0 Å². The predicted octanol–water partition coefficient (Wildman–Crippen LogP) is 3.36. The van der Waals surface area contributed by atoms with E-state index in [2.05, 4.69) is 48.6 Å². The molecule has 2 rings (SSSR count). The molecular weight excluding hydrogens is 184 g/mol. The Hall–Kier alpha value is -1.83. The average molecular weight is 200 g/mol. The first-order chi connectivity index (χ1) is 7.25. The van der Waals surface area contributed by atoms with Crippen LogP contribution in [-0.4, -0.2) is 9.97 Å². The number of aryl methyl sites for hydroxylation is 1. The molecule has 0 bridgehead atoms. The molecule has 0 fully saturated rings. The quantitative estimate of drug-likeness (QED) is 0.751. The van der Waals surface area contributed by atoms with E-state index in [4.69, 9.17) is 0 Å². The third kappa shape index (κ3) is 3.43. The van der Waals surface area contributed by atoms with E-state index in [9.17, 15) is 0 Å². The molecule has 15 heavy (non-hydrogen) atoms. The summed E-state index contributed by atoms with van der Waals surface area (Å²) in [4.78, 5) is 6.42. The first-order valence-electron chi connectivity index (χ1n) is 4.87. The summed E-state index contributed by atoms with van der Waals surface area (Å²) in [5, 5.41) is 0. The van der Waals surface area contributed by atoms with Crippen LogP contribution in [0.4, 0.5) is 0 Å². The van der Waals surface area contributed by atoms with Gasteiger partial charge in [0.15, 0.2) is 0 Å². The minimum atomic E-state index is 1.24. The van der Waals surface area contributed by atoms with Crippen LogP contribution in [0.25, 0.3) is 6.08 Å². The Morgan fingerprint density at radius 1 is 1.33 bits per heavy atom. The van der Waals surface area contributed by atoms with Crippen molar-refractivity contribution >= 4 is 6.08 Å². The minimum absolute atomic E-state index is 1.24. The smallest absolute Gasteiger partial charge is 0.0919 e. The predicted molar refractivity (Wildman–Crippen MR) is 64.6 cm³/mol. The molecule has 0 unspecified atom stereocenters. The summed E-state index contributed by atoms with van der Waals surface area (Å²) >= 11 is 0. The zero-order valence-electron chi connectivity index (χ0n) is 9.20. The number of rotatable bonds is 1. The van der Waals surface area contributed by atoms with Gasteiger partial charge in [-0.05, 0) is 30.5 Å². The highest BCUT2D eigenvalue weighted by Gasteiger charge is 1.93. The summed E-state index contributed by atoms with van der Waals surface area (Å²) in [5.41, 5.74) is 3.90. The Morgan fingerprint density at radius 3 is 2.53 bits per heavy atom. The number of nitrogens with zero attached hydrogens (tertiary/aromatic N) is 1. The molecule has 0 saturated carbocycles. The van der Waals surface area contributed by atoms with E-state index in [1.807, 2.05) is 6.08 Å². The van der Waals surface area contributed by atoms with Gasteiger partial charge in [-0.2, -0.15) is 0 Å². The number of aromatic amines is 1. The van der Waals surface area contributed by atoms with Crippen LogP contribution in [0.1, 0.15) is 16.7 Å². The second-order valence-electron chi connectivity index (χ2n) is 3.25. The summed E-state index contributed by atoms with van der Waals surface area (Å²) in [6, 6.07) is 6.25. The van der Waals surface area contributed by atoms with E-state index in [0.29, 0.717) is 0 Å². The van der Waals surface area contributed by atoms with Gasteiger partial charge >= 0.3 is 0 Å². The van der Waals surface area contributed by atoms with Gasteiger partial charge in [0, 0.05) is 12.4 Å². The van der Waals surface area contributed by atoms with Crippen molar-refractivity contribution in [3.63, 3.8) is 0 Å². The molecule has 2 aromatic rings. The summed E-state index contributed by atoms with van der Waals surface area (Å²) < 4.78 is 0. The first-order valence-corrected chi connectivity index (χ1v) is 4.87. The Bertz CT molecular complexity index is 385. The molecule has 78 valence electrons. The average Bonchev–Trinajstić information content (AvgIpc) is 2.80. The van der Waals surface area contributed by atoms with Gasteiger partial charge in [-0.25, -0.2) is 4.98 Å². The number of aromatic nitrogens is 2. The van der Waals surface area contributed by atoms with Crippen LogP contribution in [0.5, 0.6) is 0 Å². The molecule has 0 amide bonds. The Kier molecular flexibility index (Phi) is 4.35. The first kappa shape index (κ1) is 11.2. The number of nitrogens with one attached hydrogen (secondary N) is 1. The van der Waals surface area contributed by atoms with Crippen molar-refractivity contribution in [2.45, 2.75) is 13.8 Å². The van der Waals surface area contributed by atoms with Gasteiger partial charge < -0.3 is 4.98 Å². The fraction of sp³-hybridized carbons (Fsp3) is 0.154. The fourth-order valence-electron chi connectivity index (χ4n) is 1.21. The van der Waals surface area contributed by atoms with Gasteiger partial charge in [-0.1, -0.05) is 30.9 Å². The lowest BCUT2D eigenvalue weighted by atomic mass is 10.0. The van der Waals surface area contributed by atoms with Crippen molar-refractivity contribution in [3.05, 3.63) is 60.2 Å². The lowest BCUT2D eigenvalue weighted by Crippen LogP contribution is -1.83. The monoisotopic (exact) mass is 200 g/mol. The second kappa shape index (κ2) is 5.81. The maximum Gasteiger partial charge on any atom is 0.0919 e. The van der Waals surface area contributed by atoms with Gasteiger partial charge in [-0.15, -0.1) is 0 Å². The molecule has 1 heterocycles. The van der Waals surface area contributed by atoms with Crippen LogP contribution in [0.3, 0.4) is 0 Å². The van der Waals surface area contributed by atoms with Gasteiger partial charge in [0.05, 0.1) is 6.33 Å². The number of benzene rings is 1. The topological polar surface area (TPSA) is 28.7 Å². The molecule has 0 spiro atoms. The molecule has 1 aromatic carbocycles. The Balaban J connectivity index is 0.000000187. The van der Waals surface area contributed by atoms with Crippen LogP contribution in [-0.2, 0) is 0 Å². The fourth-order valence-corrected chi connectivity index (χ4v) is 1.21. The van der Waals surface area contributed by atoms with Gasteiger partial charge in [0.2, 0.25) is 0 Å². The van der Waals surface area contributed by atoms with E-state index in [0.717, 1.165) is 0 Å². The molecule has 1 N–H and O–H groups in total. The summed E-state index contributed by atoms with van der Waals surface area (Å²) in [6.07, 6.45) is 6.97. The van der Waals surface area contributed by atoms with Crippen LogP contribution >= 0.6 is 0 Å². The zero-order chi connectivity index (χ0) is 11.1. The lowest BCUT2D eigenvalue weighted by molar-refractivity contribution is 1.31. The molecule has 0 aliphatic rings. The van der Waals surface area contributed by atoms with Crippen molar-refractivity contribution < 1.29 is 0 Å². The van der Waals surface area contributed by atoms with Crippen molar-refractivity contribution in [1.82, 2.24) is 9.97 Å². The molecular formula is C13H16N2. The summed E-state index contributed by atoms with van der Waals surface area (Å²) in [5.74, 6) is 0. The standard InChI is InChI=1S/C10H12.C3H4N2/c1-4-10-7-5-6-8(2)9(10)3;1-2-5-3-4-1/h4-7H,1H2,2-3H3;1-3H,(H,4,5).